The zero-order valence-electron chi connectivity index (χ0n) is 15.9. The van der Waals surface area contributed by atoms with E-state index in [1.807, 2.05) is 48.5 Å². The van der Waals surface area contributed by atoms with Crippen LogP contribution in [0.5, 0.6) is 5.75 Å². The summed E-state index contributed by atoms with van der Waals surface area (Å²) in [6.45, 7) is 4.00. The third-order valence-electron chi connectivity index (χ3n) is 4.36. The normalized spacial score (nSPS) is 11.8. The number of likely N-dealkylation sites (N-methyl/N-ethyl adjacent to an activating group) is 1. The Hall–Kier alpha value is -2.41. The van der Waals surface area contributed by atoms with Crippen LogP contribution in [0.1, 0.15) is 12.6 Å². The van der Waals surface area contributed by atoms with E-state index in [1.54, 1.807) is 18.4 Å². The molecule has 7 heteroatoms. The van der Waals surface area contributed by atoms with Crippen LogP contribution in [0.4, 0.5) is 5.69 Å². The van der Waals surface area contributed by atoms with Gasteiger partial charge in [-0.1, -0.05) is 23.7 Å². The summed E-state index contributed by atoms with van der Waals surface area (Å²) >= 11 is 7.56. The lowest BCUT2D eigenvalue weighted by atomic mass is 10.2. The van der Waals surface area contributed by atoms with E-state index in [1.165, 1.54) is 0 Å². The van der Waals surface area contributed by atoms with E-state index >= 15 is 0 Å². The van der Waals surface area contributed by atoms with Crippen molar-refractivity contribution in [2.45, 2.75) is 13.5 Å². The summed E-state index contributed by atoms with van der Waals surface area (Å²) in [4.78, 5) is 18.3. The van der Waals surface area contributed by atoms with Gasteiger partial charge in [-0.3, -0.25) is 4.79 Å². The zero-order valence-corrected chi connectivity index (χ0v) is 17.4. The standard InChI is InChI=1S/C21H22ClN3O2S/c1-3-25(13-20(26)23-17-8-10-19(27-2)11-9-17)12-18-14-28-21(24-18)15-4-6-16(22)7-5-15/h4-11,14H,3,12-13H2,1-2H3,(H,23,26)/p+1. The van der Waals surface area contributed by atoms with Crippen molar-refractivity contribution in [2.24, 2.45) is 0 Å². The molecule has 1 amide bonds. The number of benzene rings is 2. The van der Waals surface area contributed by atoms with Crippen molar-refractivity contribution in [3.05, 3.63) is 64.6 Å². The summed E-state index contributed by atoms with van der Waals surface area (Å²) in [5.74, 6) is 0.744. The number of nitrogens with zero attached hydrogens (tertiary/aromatic N) is 1. The van der Waals surface area contributed by atoms with Crippen LogP contribution in [-0.4, -0.2) is 31.1 Å². The number of methoxy groups -OCH3 is 1. The number of nitrogens with one attached hydrogen (secondary N) is 2. The van der Waals surface area contributed by atoms with Gasteiger partial charge in [0.1, 0.15) is 23.0 Å². The van der Waals surface area contributed by atoms with E-state index in [-0.39, 0.29) is 5.91 Å². The minimum absolute atomic E-state index is 0.0184. The minimum Gasteiger partial charge on any atom is -0.497 e. The molecule has 146 valence electrons. The van der Waals surface area contributed by atoms with Gasteiger partial charge in [-0.25, -0.2) is 4.98 Å². The molecule has 1 unspecified atom stereocenters. The van der Waals surface area contributed by atoms with Crippen LogP contribution in [0.2, 0.25) is 5.02 Å². The van der Waals surface area contributed by atoms with E-state index in [9.17, 15) is 4.79 Å². The van der Waals surface area contributed by atoms with Crippen LogP contribution in [0.25, 0.3) is 10.6 Å². The fraction of sp³-hybridized carbons (Fsp3) is 0.238. The van der Waals surface area contributed by atoms with Crippen LogP contribution in [-0.2, 0) is 11.3 Å². The summed E-state index contributed by atoms with van der Waals surface area (Å²) in [6.07, 6.45) is 0. The Balaban J connectivity index is 1.57. The van der Waals surface area contributed by atoms with Gasteiger partial charge in [0.25, 0.3) is 5.91 Å². The van der Waals surface area contributed by atoms with Gasteiger partial charge in [0.05, 0.1) is 13.7 Å². The fourth-order valence-corrected chi connectivity index (χ4v) is 3.74. The molecule has 1 atom stereocenters. The number of aromatic nitrogens is 1. The molecule has 28 heavy (non-hydrogen) atoms. The molecule has 0 aliphatic carbocycles. The molecular formula is C21H23ClN3O2S+. The maximum atomic E-state index is 12.4. The second-order valence-electron chi connectivity index (χ2n) is 6.38. The number of thiazole rings is 1. The van der Waals surface area contributed by atoms with Crippen LogP contribution >= 0.6 is 22.9 Å². The highest BCUT2D eigenvalue weighted by molar-refractivity contribution is 7.13. The first-order chi connectivity index (χ1) is 13.6. The van der Waals surface area contributed by atoms with Crippen molar-refractivity contribution in [3.63, 3.8) is 0 Å². The summed E-state index contributed by atoms with van der Waals surface area (Å²) < 4.78 is 5.13. The largest absolute Gasteiger partial charge is 0.497 e. The molecule has 1 heterocycles. The Kier molecular flexibility index (Phi) is 7.03. The van der Waals surface area contributed by atoms with E-state index < -0.39 is 0 Å². The van der Waals surface area contributed by atoms with Crippen molar-refractivity contribution in [2.75, 3.05) is 25.5 Å². The molecule has 0 radical (unpaired) electrons. The van der Waals surface area contributed by atoms with Crippen molar-refractivity contribution in [3.8, 4) is 16.3 Å². The molecular weight excluding hydrogens is 394 g/mol. The van der Waals surface area contributed by atoms with Crippen molar-refractivity contribution < 1.29 is 14.4 Å². The number of hydrogen-bond acceptors (Lipinski definition) is 4. The van der Waals surface area contributed by atoms with Crippen LogP contribution in [0.3, 0.4) is 0 Å². The second kappa shape index (κ2) is 9.68. The zero-order chi connectivity index (χ0) is 19.9. The third kappa shape index (κ3) is 5.55. The van der Waals surface area contributed by atoms with E-state index in [0.29, 0.717) is 18.1 Å². The Morgan fingerprint density at radius 1 is 1.18 bits per heavy atom. The molecule has 5 nitrogen and oxygen atoms in total. The average molecular weight is 417 g/mol. The van der Waals surface area contributed by atoms with Gasteiger partial charge in [-0.05, 0) is 43.3 Å². The minimum atomic E-state index is -0.0184. The lowest BCUT2D eigenvalue weighted by Gasteiger charge is -2.16. The van der Waals surface area contributed by atoms with Gasteiger partial charge in [-0.15, -0.1) is 11.3 Å². The van der Waals surface area contributed by atoms with Crippen molar-refractivity contribution in [1.82, 2.24) is 4.98 Å². The summed E-state index contributed by atoms with van der Waals surface area (Å²) in [5.41, 5.74) is 2.81. The maximum absolute atomic E-state index is 12.4. The predicted molar refractivity (Wildman–Crippen MR) is 114 cm³/mol. The molecule has 0 aliphatic rings. The number of halogens is 1. The Morgan fingerprint density at radius 2 is 1.89 bits per heavy atom. The molecule has 0 fully saturated rings. The molecule has 0 saturated heterocycles. The summed E-state index contributed by atoms with van der Waals surface area (Å²) in [7, 11) is 1.62. The summed E-state index contributed by atoms with van der Waals surface area (Å²) in [6, 6.07) is 15.0. The molecule has 0 saturated carbocycles. The van der Waals surface area contributed by atoms with Gasteiger partial charge < -0.3 is 15.0 Å². The van der Waals surface area contributed by atoms with E-state index in [0.717, 1.165) is 39.1 Å². The topological polar surface area (TPSA) is 55.7 Å². The monoisotopic (exact) mass is 416 g/mol. The first-order valence-electron chi connectivity index (χ1n) is 9.05. The maximum Gasteiger partial charge on any atom is 0.279 e. The smallest absolute Gasteiger partial charge is 0.279 e. The first-order valence-corrected chi connectivity index (χ1v) is 10.3. The summed E-state index contributed by atoms with van der Waals surface area (Å²) in [5, 5.41) is 6.67. The SMILES string of the molecule is CC[NH+](CC(=O)Nc1ccc(OC)cc1)Cc1csc(-c2ccc(Cl)cc2)n1. The lowest BCUT2D eigenvalue weighted by molar-refractivity contribution is -0.904. The van der Waals surface area contributed by atoms with E-state index in [2.05, 4.69) is 17.6 Å². The number of ether oxygens (including phenoxy) is 1. The predicted octanol–water partition coefficient (Wildman–Crippen LogP) is 3.52. The molecule has 0 bridgehead atoms. The van der Waals surface area contributed by atoms with Crippen LogP contribution in [0, 0.1) is 0 Å². The molecule has 3 aromatic rings. The van der Waals surface area contributed by atoms with Gasteiger partial charge in [0, 0.05) is 21.7 Å². The number of carbonyl (C=O) groups excluding carboxylic acids is 1. The van der Waals surface area contributed by atoms with Crippen molar-refractivity contribution in [1.29, 1.82) is 0 Å². The second-order valence-corrected chi connectivity index (χ2v) is 7.68. The average Bonchev–Trinajstić information content (AvgIpc) is 3.17. The Labute approximate surface area is 173 Å². The van der Waals surface area contributed by atoms with Crippen LogP contribution in [0.15, 0.2) is 53.9 Å². The number of hydrogen-bond donors (Lipinski definition) is 2. The number of anilines is 1. The Morgan fingerprint density at radius 3 is 2.54 bits per heavy atom. The number of rotatable bonds is 8. The van der Waals surface area contributed by atoms with Gasteiger partial charge in [0.15, 0.2) is 6.54 Å². The van der Waals surface area contributed by atoms with Crippen molar-refractivity contribution >= 4 is 34.5 Å². The highest BCUT2D eigenvalue weighted by Crippen LogP contribution is 2.24. The Bertz CT molecular complexity index is 910. The number of carbonyl (C=O) groups is 1. The van der Waals surface area contributed by atoms with Gasteiger partial charge in [-0.2, -0.15) is 0 Å². The highest BCUT2D eigenvalue weighted by atomic mass is 35.5. The van der Waals surface area contributed by atoms with Gasteiger partial charge >= 0.3 is 0 Å². The molecule has 0 aliphatic heterocycles. The fourth-order valence-electron chi connectivity index (χ4n) is 2.79. The van der Waals surface area contributed by atoms with Gasteiger partial charge in [0.2, 0.25) is 0 Å². The quantitative estimate of drug-likeness (QED) is 0.590. The third-order valence-corrected chi connectivity index (χ3v) is 5.55. The molecule has 0 spiro atoms. The van der Waals surface area contributed by atoms with Crippen LogP contribution < -0.4 is 15.0 Å². The number of amides is 1. The highest BCUT2D eigenvalue weighted by Gasteiger charge is 2.16. The molecule has 2 N–H and O–H groups in total. The number of quaternary nitrogens is 1. The van der Waals surface area contributed by atoms with E-state index in [4.69, 9.17) is 21.3 Å². The molecule has 1 aromatic heterocycles. The molecule has 3 rings (SSSR count). The first kappa shape index (κ1) is 20.3. The lowest BCUT2D eigenvalue weighted by Crippen LogP contribution is -3.11. The molecule has 2 aromatic carbocycles.